The summed E-state index contributed by atoms with van der Waals surface area (Å²) >= 11 is 0. The fraction of sp³-hybridized carbons (Fsp3) is 0.267. The number of carbonyl (C=O) groups excluding carboxylic acids is 1. The number of nitrogens with zero attached hydrogens (tertiary/aromatic N) is 3. The summed E-state index contributed by atoms with van der Waals surface area (Å²) < 4.78 is 28.4. The molecular weight excluding hydrogens is 308 g/mol. The highest BCUT2D eigenvalue weighted by Gasteiger charge is 2.35. The number of carboxylic acid groups (broad SMARTS) is 1. The minimum absolute atomic E-state index is 0.0548. The van der Waals surface area contributed by atoms with Crippen LogP contribution in [0.1, 0.15) is 23.3 Å². The van der Waals surface area contributed by atoms with Gasteiger partial charge in [-0.1, -0.05) is 6.07 Å². The van der Waals surface area contributed by atoms with Gasteiger partial charge < -0.3 is 10.0 Å². The van der Waals surface area contributed by atoms with Crippen LogP contribution in [0, 0.1) is 11.6 Å². The van der Waals surface area contributed by atoms with Crippen molar-refractivity contribution in [1.82, 2.24) is 14.7 Å². The lowest BCUT2D eigenvalue weighted by Crippen LogP contribution is -2.40. The second kappa shape index (κ2) is 5.79. The summed E-state index contributed by atoms with van der Waals surface area (Å²) in [6.07, 6.45) is 2.23. The molecule has 6 nitrogen and oxygen atoms in total. The van der Waals surface area contributed by atoms with Gasteiger partial charge in [-0.25, -0.2) is 18.3 Å². The van der Waals surface area contributed by atoms with Crippen molar-refractivity contribution in [1.29, 1.82) is 0 Å². The van der Waals surface area contributed by atoms with Crippen LogP contribution < -0.4 is 0 Å². The summed E-state index contributed by atoms with van der Waals surface area (Å²) in [7, 11) is 0. The highest BCUT2D eigenvalue weighted by Crippen LogP contribution is 2.21. The van der Waals surface area contributed by atoms with Crippen molar-refractivity contribution in [3.63, 3.8) is 0 Å². The van der Waals surface area contributed by atoms with E-state index in [9.17, 15) is 18.4 Å². The number of rotatable bonds is 3. The monoisotopic (exact) mass is 321 g/mol. The Bertz CT molecular complexity index is 755. The highest BCUT2D eigenvalue weighted by atomic mass is 19.1. The number of hydrogen-bond acceptors (Lipinski definition) is 3. The lowest BCUT2D eigenvalue weighted by molar-refractivity contribution is -0.141. The molecule has 1 aliphatic heterocycles. The number of hydrogen-bond donors (Lipinski definition) is 1. The molecule has 8 heteroatoms. The van der Waals surface area contributed by atoms with Crippen LogP contribution in [0.25, 0.3) is 5.69 Å². The molecule has 1 amide bonds. The van der Waals surface area contributed by atoms with Gasteiger partial charge in [-0.05, 0) is 31.0 Å². The second-order valence-corrected chi connectivity index (χ2v) is 5.21. The molecular formula is C15H13F2N3O3. The van der Waals surface area contributed by atoms with Crippen LogP contribution in [-0.2, 0) is 4.79 Å². The number of benzene rings is 1. The molecule has 0 radical (unpaired) electrons. The van der Waals surface area contributed by atoms with Crippen LogP contribution in [0.4, 0.5) is 8.78 Å². The Kier molecular flexibility index (Phi) is 3.81. The molecule has 0 spiro atoms. The quantitative estimate of drug-likeness (QED) is 0.936. The van der Waals surface area contributed by atoms with Gasteiger partial charge in [-0.2, -0.15) is 5.10 Å². The molecule has 0 aliphatic carbocycles. The summed E-state index contributed by atoms with van der Waals surface area (Å²) in [5.41, 5.74) is -0.441. The molecule has 2 aromatic rings. The van der Waals surface area contributed by atoms with E-state index < -0.39 is 29.6 Å². The van der Waals surface area contributed by atoms with Crippen LogP contribution in [0.15, 0.2) is 30.5 Å². The molecule has 23 heavy (non-hydrogen) atoms. The standard InChI is InChI=1S/C15H13F2N3O3/c16-9-3-1-4-10(17)13(9)20-8-6-11(18-20)14(21)19-7-2-5-12(19)15(22)23/h1,3-4,6,8,12H,2,5,7H2,(H,22,23). The largest absolute Gasteiger partial charge is 0.480 e. The molecule has 1 saturated heterocycles. The van der Waals surface area contributed by atoms with Crippen LogP contribution in [-0.4, -0.2) is 44.3 Å². The molecule has 1 aromatic heterocycles. The molecule has 1 aliphatic rings. The number of carboxylic acids is 1. The number of likely N-dealkylation sites (tertiary alicyclic amines) is 1. The predicted molar refractivity (Wildman–Crippen MR) is 75.2 cm³/mol. The summed E-state index contributed by atoms with van der Waals surface area (Å²) in [5, 5.41) is 13.0. The summed E-state index contributed by atoms with van der Waals surface area (Å²) in [4.78, 5) is 24.7. The first-order valence-electron chi connectivity index (χ1n) is 7.03. The molecule has 0 saturated carbocycles. The Labute approximate surface area is 129 Å². The van der Waals surface area contributed by atoms with E-state index in [1.165, 1.54) is 23.2 Å². The topological polar surface area (TPSA) is 75.4 Å². The van der Waals surface area contributed by atoms with Crippen molar-refractivity contribution >= 4 is 11.9 Å². The van der Waals surface area contributed by atoms with Gasteiger partial charge in [0, 0.05) is 12.7 Å². The van der Waals surface area contributed by atoms with E-state index in [1.807, 2.05) is 0 Å². The van der Waals surface area contributed by atoms with Gasteiger partial charge in [0.2, 0.25) is 0 Å². The van der Waals surface area contributed by atoms with Gasteiger partial charge >= 0.3 is 5.97 Å². The van der Waals surface area contributed by atoms with Crippen molar-refractivity contribution in [3.05, 3.63) is 47.8 Å². The molecule has 3 rings (SSSR count). The first-order chi connectivity index (χ1) is 11.0. The van der Waals surface area contributed by atoms with Crippen LogP contribution in [0.5, 0.6) is 0 Å². The minimum Gasteiger partial charge on any atom is -0.480 e. The average molecular weight is 321 g/mol. The Morgan fingerprint density at radius 2 is 1.91 bits per heavy atom. The van der Waals surface area contributed by atoms with Gasteiger partial charge in [0.05, 0.1) is 0 Å². The maximum Gasteiger partial charge on any atom is 0.326 e. The van der Waals surface area contributed by atoms with Crippen molar-refractivity contribution in [2.45, 2.75) is 18.9 Å². The van der Waals surface area contributed by atoms with Gasteiger partial charge in [0.25, 0.3) is 5.91 Å². The zero-order valence-electron chi connectivity index (χ0n) is 11.9. The van der Waals surface area contributed by atoms with E-state index in [0.29, 0.717) is 19.4 Å². The number of amides is 1. The zero-order chi connectivity index (χ0) is 16.6. The van der Waals surface area contributed by atoms with Gasteiger partial charge in [0.1, 0.15) is 11.7 Å². The molecule has 1 fully saturated rings. The van der Waals surface area contributed by atoms with Crippen molar-refractivity contribution in [3.8, 4) is 5.69 Å². The van der Waals surface area contributed by atoms with Gasteiger partial charge in [-0.3, -0.25) is 4.79 Å². The third kappa shape index (κ3) is 2.67. The lowest BCUT2D eigenvalue weighted by atomic mass is 10.2. The maximum absolute atomic E-state index is 13.7. The third-order valence-corrected chi connectivity index (χ3v) is 3.77. The highest BCUT2D eigenvalue weighted by molar-refractivity contribution is 5.95. The maximum atomic E-state index is 13.7. The van der Waals surface area contributed by atoms with Gasteiger partial charge in [-0.15, -0.1) is 0 Å². The van der Waals surface area contributed by atoms with E-state index in [4.69, 9.17) is 5.11 Å². The molecule has 1 aromatic carbocycles. The first-order valence-corrected chi connectivity index (χ1v) is 7.03. The minimum atomic E-state index is -1.07. The number of aliphatic carboxylic acids is 1. The summed E-state index contributed by atoms with van der Waals surface area (Å²) in [5.74, 6) is -3.26. The van der Waals surface area contributed by atoms with E-state index >= 15 is 0 Å². The zero-order valence-corrected chi connectivity index (χ0v) is 11.9. The molecule has 1 N–H and O–H groups in total. The van der Waals surface area contributed by atoms with E-state index in [-0.39, 0.29) is 11.4 Å². The molecule has 1 atom stereocenters. The van der Waals surface area contributed by atoms with Crippen molar-refractivity contribution in [2.75, 3.05) is 6.54 Å². The Balaban J connectivity index is 1.90. The van der Waals surface area contributed by atoms with Crippen LogP contribution >= 0.6 is 0 Å². The normalized spacial score (nSPS) is 17.5. The van der Waals surface area contributed by atoms with E-state index in [0.717, 1.165) is 16.8 Å². The van der Waals surface area contributed by atoms with E-state index in [1.54, 1.807) is 0 Å². The molecule has 2 heterocycles. The number of aromatic nitrogens is 2. The first kappa shape index (κ1) is 15.1. The van der Waals surface area contributed by atoms with Gasteiger partial charge in [0.15, 0.2) is 17.3 Å². The second-order valence-electron chi connectivity index (χ2n) is 5.21. The fourth-order valence-corrected chi connectivity index (χ4v) is 2.68. The SMILES string of the molecule is O=C(O)C1CCCN1C(=O)c1ccn(-c2c(F)cccc2F)n1. The van der Waals surface area contributed by atoms with Crippen LogP contribution in [0.3, 0.4) is 0 Å². The predicted octanol–water partition coefficient (Wildman–Crippen LogP) is 1.84. The third-order valence-electron chi connectivity index (χ3n) is 3.77. The number of halogens is 2. The summed E-state index contributed by atoms with van der Waals surface area (Å²) in [6.45, 7) is 0.316. The molecule has 120 valence electrons. The summed E-state index contributed by atoms with van der Waals surface area (Å²) in [6, 6.07) is 3.82. The lowest BCUT2D eigenvalue weighted by Gasteiger charge is -2.20. The smallest absolute Gasteiger partial charge is 0.326 e. The van der Waals surface area contributed by atoms with Crippen LogP contribution in [0.2, 0.25) is 0 Å². The molecule has 0 bridgehead atoms. The van der Waals surface area contributed by atoms with Crippen molar-refractivity contribution < 1.29 is 23.5 Å². The Hall–Kier alpha value is -2.77. The number of carbonyl (C=O) groups is 2. The average Bonchev–Trinajstić information content (AvgIpc) is 3.16. The van der Waals surface area contributed by atoms with Crippen molar-refractivity contribution in [2.24, 2.45) is 0 Å². The van der Waals surface area contributed by atoms with E-state index in [2.05, 4.69) is 5.10 Å². The Morgan fingerprint density at radius 3 is 2.57 bits per heavy atom. The molecule has 1 unspecified atom stereocenters. The fourth-order valence-electron chi connectivity index (χ4n) is 2.68. The Morgan fingerprint density at radius 1 is 1.22 bits per heavy atom. The number of para-hydroxylation sites is 1.